The van der Waals surface area contributed by atoms with Gasteiger partial charge in [-0.3, -0.25) is 4.79 Å². The lowest BCUT2D eigenvalue weighted by Gasteiger charge is -2.33. The summed E-state index contributed by atoms with van der Waals surface area (Å²) in [5.74, 6) is 0.166. The van der Waals surface area contributed by atoms with Crippen LogP contribution in [0.25, 0.3) is 0 Å². The summed E-state index contributed by atoms with van der Waals surface area (Å²) in [6, 6.07) is 0. The van der Waals surface area contributed by atoms with Crippen molar-refractivity contribution in [2.24, 2.45) is 5.41 Å². The van der Waals surface area contributed by atoms with Crippen molar-refractivity contribution in [1.82, 2.24) is 9.80 Å². The number of likely N-dealkylation sites (N-methyl/N-ethyl adjacent to an activating group) is 1. The van der Waals surface area contributed by atoms with Crippen LogP contribution in [0.1, 0.15) is 40.0 Å². The van der Waals surface area contributed by atoms with Gasteiger partial charge in [0.1, 0.15) is 0 Å². The highest BCUT2D eigenvalue weighted by atomic mass is 16.2. The number of carbonyl (C=O) groups is 1. The van der Waals surface area contributed by atoms with Crippen molar-refractivity contribution in [3.05, 3.63) is 23.3 Å². The van der Waals surface area contributed by atoms with Gasteiger partial charge in [-0.2, -0.15) is 0 Å². The van der Waals surface area contributed by atoms with Crippen LogP contribution in [0.4, 0.5) is 0 Å². The predicted molar refractivity (Wildman–Crippen MR) is 83.5 cm³/mol. The molecule has 0 N–H and O–H groups in total. The lowest BCUT2D eigenvalue weighted by molar-refractivity contribution is -0.127. The number of rotatable bonds is 2. The summed E-state index contributed by atoms with van der Waals surface area (Å²) in [6.07, 6.45) is 7.52. The van der Waals surface area contributed by atoms with Crippen LogP contribution in [0.2, 0.25) is 0 Å². The van der Waals surface area contributed by atoms with Crippen LogP contribution < -0.4 is 0 Å². The minimum atomic E-state index is 0.166. The van der Waals surface area contributed by atoms with Crippen LogP contribution in [0.3, 0.4) is 0 Å². The molecule has 1 aliphatic carbocycles. The Morgan fingerprint density at radius 2 is 1.85 bits per heavy atom. The third-order valence-electron chi connectivity index (χ3n) is 4.75. The second kappa shape index (κ2) is 6.13. The molecule has 0 saturated carbocycles. The number of hydrogen-bond donors (Lipinski definition) is 0. The van der Waals surface area contributed by atoms with Crippen LogP contribution in [0.5, 0.6) is 0 Å². The van der Waals surface area contributed by atoms with E-state index in [2.05, 4.69) is 38.8 Å². The Bertz CT molecular complexity index is 426. The summed E-state index contributed by atoms with van der Waals surface area (Å²) in [6.45, 7) is 10.4. The van der Waals surface area contributed by atoms with E-state index < -0.39 is 0 Å². The fourth-order valence-electron chi connectivity index (χ4n) is 3.30. The fourth-order valence-corrected chi connectivity index (χ4v) is 3.30. The van der Waals surface area contributed by atoms with Crippen molar-refractivity contribution in [3.8, 4) is 0 Å². The Labute approximate surface area is 123 Å². The van der Waals surface area contributed by atoms with Gasteiger partial charge in [0.15, 0.2) is 0 Å². The predicted octanol–water partition coefficient (Wildman–Crippen LogP) is 2.84. The molecule has 3 heteroatoms. The van der Waals surface area contributed by atoms with Crippen LogP contribution in [-0.2, 0) is 4.79 Å². The van der Waals surface area contributed by atoms with Crippen molar-refractivity contribution in [2.75, 3.05) is 33.2 Å². The number of amides is 1. The quantitative estimate of drug-likeness (QED) is 0.724. The van der Waals surface area contributed by atoms with Gasteiger partial charge in [0.25, 0.3) is 0 Å². The summed E-state index contributed by atoms with van der Waals surface area (Å²) in [5, 5.41) is 0. The Morgan fingerprint density at radius 1 is 1.20 bits per heavy atom. The fraction of sp³-hybridized carbons (Fsp3) is 0.706. The molecule has 1 heterocycles. The third-order valence-corrected chi connectivity index (χ3v) is 4.75. The number of carbonyl (C=O) groups excluding carboxylic acids is 1. The van der Waals surface area contributed by atoms with Gasteiger partial charge < -0.3 is 9.80 Å². The summed E-state index contributed by atoms with van der Waals surface area (Å²) in [7, 11) is 2.11. The second-order valence-corrected chi connectivity index (χ2v) is 6.89. The third kappa shape index (κ3) is 3.51. The molecule has 2 aliphatic rings. The molecule has 0 spiro atoms. The zero-order valence-electron chi connectivity index (χ0n) is 13.4. The molecule has 0 aromatic rings. The van der Waals surface area contributed by atoms with E-state index >= 15 is 0 Å². The van der Waals surface area contributed by atoms with Crippen molar-refractivity contribution >= 4 is 5.91 Å². The van der Waals surface area contributed by atoms with Crippen molar-refractivity contribution in [2.45, 2.75) is 40.0 Å². The van der Waals surface area contributed by atoms with Crippen molar-refractivity contribution in [3.63, 3.8) is 0 Å². The standard InChI is InChI=1S/C17H28N2O/c1-14-6-5-9-17(2,3)15(14)7-8-16(20)19-12-10-18(4)11-13-19/h7-8H,5-6,9-13H2,1-4H3/b8-7+. The van der Waals surface area contributed by atoms with E-state index in [4.69, 9.17) is 0 Å². The van der Waals surface area contributed by atoms with E-state index in [0.717, 1.165) is 26.2 Å². The van der Waals surface area contributed by atoms with Crippen LogP contribution >= 0.6 is 0 Å². The van der Waals surface area contributed by atoms with Gasteiger partial charge >= 0.3 is 0 Å². The van der Waals surface area contributed by atoms with Gasteiger partial charge in [-0.25, -0.2) is 0 Å². The van der Waals surface area contributed by atoms with Crippen LogP contribution in [0.15, 0.2) is 23.3 Å². The molecular weight excluding hydrogens is 248 g/mol. The molecule has 0 aromatic heterocycles. The van der Waals surface area contributed by atoms with E-state index in [0.29, 0.717) is 0 Å². The lowest BCUT2D eigenvalue weighted by Crippen LogP contribution is -2.46. The average molecular weight is 276 g/mol. The summed E-state index contributed by atoms with van der Waals surface area (Å²) in [5.41, 5.74) is 3.02. The van der Waals surface area contributed by atoms with Crippen LogP contribution in [-0.4, -0.2) is 48.9 Å². The molecule has 0 aromatic carbocycles. The van der Waals surface area contributed by atoms with Crippen molar-refractivity contribution < 1.29 is 4.79 Å². The zero-order chi connectivity index (χ0) is 14.8. The lowest BCUT2D eigenvalue weighted by atomic mass is 9.72. The first-order valence-electron chi connectivity index (χ1n) is 7.76. The molecule has 20 heavy (non-hydrogen) atoms. The highest BCUT2D eigenvalue weighted by Crippen LogP contribution is 2.40. The largest absolute Gasteiger partial charge is 0.337 e. The van der Waals surface area contributed by atoms with Crippen molar-refractivity contribution in [1.29, 1.82) is 0 Å². The van der Waals surface area contributed by atoms with E-state index in [1.54, 1.807) is 6.08 Å². The van der Waals surface area contributed by atoms with Gasteiger partial charge in [-0.05, 0) is 44.2 Å². The molecule has 0 radical (unpaired) electrons. The molecule has 1 saturated heterocycles. The second-order valence-electron chi connectivity index (χ2n) is 6.89. The van der Waals surface area contributed by atoms with Gasteiger partial charge in [0.2, 0.25) is 5.91 Å². The van der Waals surface area contributed by atoms with E-state index in [1.165, 1.54) is 30.4 Å². The molecule has 0 atom stereocenters. The molecule has 112 valence electrons. The first kappa shape index (κ1) is 15.3. The molecule has 0 unspecified atom stereocenters. The highest BCUT2D eigenvalue weighted by Gasteiger charge is 2.27. The summed E-state index contributed by atoms with van der Waals surface area (Å²) in [4.78, 5) is 16.5. The monoisotopic (exact) mass is 276 g/mol. The molecule has 1 fully saturated rings. The topological polar surface area (TPSA) is 23.6 Å². The van der Waals surface area contributed by atoms with E-state index in [1.807, 2.05) is 4.90 Å². The van der Waals surface area contributed by atoms with Gasteiger partial charge in [0, 0.05) is 32.3 Å². The molecule has 2 rings (SSSR count). The summed E-state index contributed by atoms with van der Waals surface area (Å²) >= 11 is 0. The normalized spacial score (nSPS) is 24.5. The molecule has 1 amide bonds. The Kier molecular flexibility index (Phi) is 4.69. The number of allylic oxidation sites excluding steroid dienone is 3. The smallest absolute Gasteiger partial charge is 0.246 e. The van der Waals surface area contributed by atoms with Crippen LogP contribution in [0, 0.1) is 5.41 Å². The Morgan fingerprint density at radius 3 is 2.45 bits per heavy atom. The minimum absolute atomic E-state index is 0.166. The maximum atomic E-state index is 12.3. The Hall–Kier alpha value is -1.09. The first-order chi connectivity index (χ1) is 9.40. The molecule has 0 bridgehead atoms. The maximum absolute atomic E-state index is 12.3. The van der Waals surface area contributed by atoms with Gasteiger partial charge in [0.05, 0.1) is 0 Å². The van der Waals surface area contributed by atoms with E-state index in [9.17, 15) is 4.79 Å². The number of hydrogen-bond acceptors (Lipinski definition) is 2. The van der Waals surface area contributed by atoms with Gasteiger partial charge in [-0.1, -0.05) is 25.5 Å². The minimum Gasteiger partial charge on any atom is -0.337 e. The summed E-state index contributed by atoms with van der Waals surface area (Å²) < 4.78 is 0. The number of piperazine rings is 1. The number of nitrogens with zero attached hydrogens (tertiary/aromatic N) is 2. The zero-order valence-corrected chi connectivity index (χ0v) is 13.4. The van der Waals surface area contributed by atoms with Gasteiger partial charge in [-0.15, -0.1) is 0 Å². The molecule has 1 aliphatic heterocycles. The SMILES string of the molecule is CC1=C(/C=C/C(=O)N2CCN(C)CC2)C(C)(C)CCC1. The first-order valence-corrected chi connectivity index (χ1v) is 7.76. The average Bonchev–Trinajstić information content (AvgIpc) is 2.38. The highest BCUT2D eigenvalue weighted by molar-refractivity contribution is 5.88. The Balaban J connectivity index is 2.03. The maximum Gasteiger partial charge on any atom is 0.246 e. The van der Waals surface area contributed by atoms with E-state index in [-0.39, 0.29) is 11.3 Å². The molecule has 3 nitrogen and oxygen atoms in total. The molecular formula is C17H28N2O.